The molecule has 1 aromatic heterocycles. The van der Waals surface area contributed by atoms with Crippen LogP contribution in [0.3, 0.4) is 0 Å². The highest BCUT2D eigenvalue weighted by molar-refractivity contribution is 5.69. The van der Waals surface area contributed by atoms with Crippen molar-refractivity contribution < 1.29 is 14.3 Å². The van der Waals surface area contributed by atoms with Gasteiger partial charge in [-0.3, -0.25) is 4.79 Å². The molecule has 0 saturated heterocycles. The molecule has 0 unspecified atom stereocenters. The summed E-state index contributed by atoms with van der Waals surface area (Å²) in [4.78, 5) is 24.1. The standard InChI is InChI=1S/C19H19N5O3/c20-18-22-16(23-19(24-18)21-14-7-3-1-4-8-14)13-27-17(25)11-12-26-15-9-5-2-6-10-15/h1-10H,11-13H2,(H3,20,21,22,23,24). The molecule has 0 amide bonds. The molecule has 0 saturated carbocycles. The number of carbonyl (C=O) groups excluding carboxylic acids is 1. The van der Waals surface area contributed by atoms with Gasteiger partial charge in [0.15, 0.2) is 12.4 Å². The number of rotatable bonds is 8. The van der Waals surface area contributed by atoms with Crippen LogP contribution in [0.4, 0.5) is 17.6 Å². The van der Waals surface area contributed by atoms with Gasteiger partial charge >= 0.3 is 5.97 Å². The molecule has 3 N–H and O–H groups in total. The van der Waals surface area contributed by atoms with Crippen molar-refractivity contribution in [1.82, 2.24) is 15.0 Å². The first-order chi connectivity index (χ1) is 13.2. The molecule has 0 aliphatic heterocycles. The molecule has 1 heterocycles. The van der Waals surface area contributed by atoms with E-state index in [4.69, 9.17) is 15.2 Å². The van der Waals surface area contributed by atoms with Crippen LogP contribution in [0.1, 0.15) is 12.2 Å². The first-order valence-corrected chi connectivity index (χ1v) is 8.35. The zero-order valence-corrected chi connectivity index (χ0v) is 14.5. The summed E-state index contributed by atoms with van der Waals surface area (Å²) in [5.74, 6) is 0.877. The number of nitrogen functional groups attached to an aromatic ring is 1. The van der Waals surface area contributed by atoms with Crippen LogP contribution in [0.2, 0.25) is 0 Å². The Hall–Kier alpha value is -3.68. The maximum Gasteiger partial charge on any atom is 0.309 e. The molecule has 8 nitrogen and oxygen atoms in total. The van der Waals surface area contributed by atoms with Crippen molar-refractivity contribution in [1.29, 1.82) is 0 Å². The number of para-hydroxylation sites is 2. The van der Waals surface area contributed by atoms with Crippen LogP contribution in [-0.4, -0.2) is 27.5 Å². The second kappa shape index (κ2) is 9.14. The van der Waals surface area contributed by atoms with Crippen LogP contribution in [0.5, 0.6) is 5.75 Å². The summed E-state index contributed by atoms with van der Waals surface area (Å²) in [7, 11) is 0. The summed E-state index contributed by atoms with van der Waals surface area (Å²) in [6.45, 7) is 0.128. The van der Waals surface area contributed by atoms with E-state index >= 15 is 0 Å². The van der Waals surface area contributed by atoms with Gasteiger partial charge in [-0.1, -0.05) is 36.4 Å². The minimum absolute atomic E-state index is 0.0434. The van der Waals surface area contributed by atoms with Gasteiger partial charge in [-0.25, -0.2) is 0 Å². The predicted octanol–water partition coefficient (Wildman–Crippen LogP) is 2.71. The maximum atomic E-state index is 11.8. The SMILES string of the molecule is Nc1nc(COC(=O)CCOc2ccccc2)nc(Nc2ccccc2)n1. The lowest BCUT2D eigenvalue weighted by Gasteiger charge is -2.08. The number of nitrogens with two attached hydrogens (primary N) is 1. The summed E-state index contributed by atoms with van der Waals surface area (Å²) in [5, 5.41) is 3.02. The second-order valence-corrected chi connectivity index (χ2v) is 5.50. The molecule has 3 rings (SSSR count). The number of hydrogen-bond donors (Lipinski definition) is 2. The number of carbonyl (C=O) groups is 1. The fourth-order valence-corrected chi connectivity index (χ4v) is 2.20. The van der Waals surface area contributed by atoms with Crippen molar-refractivity contribution in [2.45, 2.75) is 13.0 Å². The Morgan fingerprint density at radius 3 is 2.41 bits per heavy atom. The van der Waals surface area contributed by atoms with E-state index in [1.165, 1.54) is 0 Å². The van der Waals surface area contributed by atoms with Crippen molar-refractivity contribution in [3.8, 4) is 5.75 Å². The van der Waals surface area contributed by atoms with Gasteiger partial charge < -0.3 is 20.5 Å². The van der Waals surface area contributed by atoms with Gasteiger partial charge in [0, 0.05) is 5.69 Å². The zero-order valence-electron chi connectivity index (χ0n) is 14.5. The fraction of sp³-hybridized carbons (Fsp3) is 0.158. The van der Waals surface area contributed by atoms with Crippen molar-refractivity contribution in [3.63, 3.8) is 0 Å². The number of nitrogens with zero attached hydrogens (tertiary/aromatic N) is 3. The van der Waals surface area contributed by atoms with Crippen LogP contribution in [-0.2, 0) is 16.1 Å². The Bertz CT molecular complexity index is 875. The highest BCUT2D eigenvalue weighted by atomic mass is 16.5. The summed E-state index contributed by atoms with van der Waals surface area (Å²) in [6, 6.07) is 18.7. The average Bonchev–Trinajstić information content (AvgIpc) is 2.68. The molecule has 8 heteroatoms. The van der Waals surface area contributed by atoms with E-state index in [9.17, 15) is 4.79 Å². The molecule has 3 aromatic rings. The van der Waals surface area contributed by atoms with E-state index in [2.05, 4.69) is 20.3 Å². The molecular formula is C19H19N5O3. The summed E-state index contributed by atoms with van der Waals surface area (Å²) < 4.78 is 10.6. The lowest BCUT2D eigenvalue weighted by atomic mass is 10.3. The maximum absolute atomic E-state index is 11.8. The molecule has 0 radical (unpaired) electrons. The molecule has 0 atom stereocenters. The number of nitrogens with one attached hydrogen (secondary N) is 1. The third-order valence-corrected chi connectivity index (χ3v) is 3.41. The quantitative estimate of drug-likeness (QED) is 0.586. The molecule has 2 aromatic carbocycles. The normalized spacial score (nSPS) is 10.2. The minimum atomic E-state index is -0.414. The van der Waals surface area contributed by atoms with Crippen molar-refractivity contribution in [2.24, 2.45) is 0 Å². The third-order valence-electron chi connectivity index (χ3n) is 3.41. The van der Waals surface area contributed by atoms with Crippen LogP contribution < -0.4 is 15.8 Å². The van der Waals surface area contributed by atoms with Crippen molar-refractivity contribution in [3.05, 3.63) is 66.5 Å². The Balaban J connectivity index is 1.49. The first kappa shape index (κ1) is 18.1. The lowest BCUT2D eigenvalue weighted by Crippen LogP contribution is -2.13. The number of hydrogen-bond acceptors (Lipinski definition) is 8. The van der Waals surface area contributed by atoms with Gasteiger partial charge in [0.1, 0.15) is 5.75 Å². The van der Waals surface area contributed by atoms with Gasteiger partial charge in [0.25, 0.3) is 0 Å². The van der Waals surface area contributed by atoms with Gasteiger partial charge in [-0.2, -0.15) is 15.0 Å². The molecule has 0 spiro atoms. The Labute approximate surface area is 156 Å². The van der Waals surface area contributed by atoms with E-state index in [0.29, 0.717) is 5.75 Å². The monoisotopic (exact) mass is 365 g/mol. The summed E-state index contributed by atoms with van der Waals surface area (Å²) in [6.07, 6.45) is 0.116. The Kier molecular flexibility index (Phi) is 6.13. The van der Waals surface area contributed by atoms with E-state index < -0.39 is 5.97 Å². The summed E-state index contributed by atoms with van der Waals surface area (Å²) in [5.41, 5.74) is 6.51. The summed E-state index contributed by atoms with van der Waals surface area (Å²) >= 11 is 0. The largest absolute Gasteiger partial charge is 0.493 e. The highest BCUT2D eigenvalue weighted by Gasteiger charge is 2.09. The van der Waals surface area contributed by atoms with Crippen LogP contribution in [0.25, 0.3) is 0 Å². The zero-order chi connectivity index (χ0) is 18.9. The number of ether oxygens (including phenoxy) is 2. The predicted molar refractivity (Wildman–Crippen MR) is 100 cm³/mol. The van der Waals surface area contributed by atoms with Crippen molar-refractivity contribution >= 4 is 23.6 Å². The van der Waals surface area contributed by atoms with Crippen LogP contribution >= 0.6 is 0 Å². The Morgan fingerprint density at radius 1 is 0.963 bits per heavy atom. The number of aromatic nitrogens is 3. The van der Waals surface area contributed by atoms with E-state index in [1.54, 1.807) is 0 Å². The lowest BCUT2D eigenvalue weighted by molar-refractivity contribution is -0.145. The number of anilines is 3. The topological polar surface area (TPSA) is 112 Å². The Morgan fingerprint density at radius 2 is 1.67 bits per heavy atom. The van der Waals surface area contributed by atoms with Gasteiger partial charge in [0.05, 0.1) is 13.0 Å². The van der Waals surface area contributed by atoms with Gasteiger partial charge in [-0.15, -0.1) is 0 Å². The molecule has 138 valence electrons. The molecule has 0 aliphatic carbocycles. The molecular weight excluding hydrogens is 346 g/mol. The van der Waals surface area contributed by atoms with E-state index in [1.807, 2.05) is 60.7 Å². The fourth-order valence-electron chi connectivity index (χ4n) is 2.20. The third kappa shape index (κ3) is 5.96. The van der Waals surface area contributed by atoms with E-state index in [0.717, 1.165) is 5.69 Å². The van der Waals surface area contributed by atoms with E-state index in [-0.39, 0.29) is 37.4 Å². The van der Waals surface area contributed by atoms with Gasteiger partial charge in [0.2, 0.25) is 11.9 Å². The average molecular weight is 365 g/mol. The number of esters is 1. The first-order valence-electron chi connectivity index (χ1n) is 8.35. The molecule has 0 aliphatic rings. The second-order valence-electron chi connectivity index (χ2n) is 5.50. The number of benzene rings is 2. The molecule has 0 fully saturated rings. The molecule has 0 bridgehead atoms. The van der Waals surface area contributed by atoms with Crippen molar-refractivity contribution in [2.75, 3.05) is 17.7 Å². The van der Waals surface area contributed by atoms with Gasteiger partial charge in [-0.05, 0) is 24.3 Å². The van der Waals surface area contributed by atoms with Crippen LogP contribution in [0.15, 0.2) is 60.7 Å². The smallest absolute Gasteiger partial charge is 0.309 e. The highest BCUT2D eigenvalue weighted by Crippen LogP contribution is 2.13. The molecule has 27 heavy (non-hydrogen) atoms. The van der Waals surface area contributed by atoms with Crippen LogP contribution in [0, 0.1) is 0 Å². The minimum Gasteiger partial charge on any atom is -0.493 e.